The van der Waals surface area contributed by atoms with Gasteiger partial charge in [0, 0.05) is 29.8 Å². The quantitative estimate of drug-likeness (QED) is 0.733. The Morgan fingerprint density at radius 1 is 1.18 bits per heavy atom. The number of aliphatic hydroxyl groups excluding tert-OH is 1. The molecule has 17 heavy (non-hydrogen) atoms. The van der Waals surface area contributed by atoms with Crippen LogP contribution in [0.3, 0.4) is 0 Å². The van der Waals surface area contributed by atoms with E-state index in [1.807, 2.05) is 0 Å². The molecule has 2 N–H and O–H groups in total. The molecule has 0 saturated carbocycles. The van der Waals surface area contributed by atoms with Gasteiger partial charge in [0.15, 0.2) is 0 Å². The second-order valence-corrected chi connectivity index (χ2v) is 5.87. The summed E-state index contributed by atoms with van der Waals surface area (Å²) in [6.45, 7) is 7.56. The first-order valence-electron chi connectivity index (χ1n) is 6.17. The van der Waals surface area contributed by atoms with E-state index in [0.29, 0.717) is 12.0 Å². The zero-order valence-corrected chi connectivity index (χ0v) is 11.8. The van der Waals surface area contributed by atoms with E-state index in [0.717, 1.165) is 12.3 Å². The minimum Gasteiger partial charge on any atom is -0.396 e. The van der Waals surface area contributed by atoms with Crippen LogP contribution in [-0.4, -0.2) is 23.5 Å². The van der Waals surface area contributed by atoms with Gasteiger partial charge in [-0.3, -0.25) is 0 Å². The molecule has 0 aliphatic rings. The summed E-state index contributed by atoms with van der Waals surface area (Å²) in [4.78, 5) is 1.28. The Hall–Kier alpha value is -0.510. The normalized spacial score (nSPS) is 13.0. The van der Waals surface area contributed by atoms with Crippen LogP contribution >= 0.6 is 11.8 Å². The monoisotopic (exact) mass is 253 g/mol. The van der Waals surface area contributed by atoms with Crippen LogP contribution in [0.1, 0.15) is 26.3 Å². The van der Waals surface area contributed by atoms with Crippen molar-refractivity contribution in [1.29, 1.82) is 0 Å². The summed E-state index contributed by atoms with van der Waals surface area (Å²) in [5.74, 6) is 1.34. The van der Waals surface area contributed by atoms with Gasteiger partial charge in [-0.05, 0) is 23.6 Å². The number of hydrogen-bond donors (Lipinski definition) is 2. The molecular formula is C14H23NOS. The molecule has 1 atom stereocenters. The third kappa shape index (κ3) is 6.10. The van der Waals surface area contributed by atoms with Gasteiger partial charge in [0.25, 0.3) is 0 Å². The van der Waals surface area contributed by atoms with Gasteiger partial charge in [-0.2, -0.15) is 0 Å². The van der Waals surface area contributed by atoms with Crippen molar-refractivity contribution in [3.05, 3.63) is 29.8 Å². The predicted octanol–water partition coefficient (Wildman–Crippen LogP) is 2.91. The van der Waals surface area contributed by atoms with Crippen molar-refractivity contribution in [3.8, 4) is 0 Å². The third-order valence-corrected chi connectivity index (χ3v) is 3.83. The average Bonchev–Trinajstić information content (AvgIpc) is 2.34. The standard InChI is InChI=1S/C14H23NOS/c1-11(2)15-8-13-4-6-14(7-5-13)17-10-12(3)9-16/h4-7,11-12,15-16H,8-10H2,1-3H3. The molecule has 1 aromatic carbocycles. The Bertz CT molecular complexity index is 311. The molecule has 96 valence electrons. The number of aliphatic hydroxyl groups is 1. The summed E-state index contributed by atoms with van der Waals surface area (Å²) < 4.78 is 0. The van der Waals surface area contributed by atoms with Crippen LogP contribution in [0, 0.1) is 5.92 Å². The summed E-state index contributed by atoms with van der Waals surface area (Å²) in [5.41, 5.74) is 1.32. The maximum atomic E-state index is 8.96. The van der Waals surface area contributed by atoms with Gasteiger partial charge in [-0.25, -0.2) is 0 Å². The van der Waals surface area contributed by atoms with Crippen molar-refractivity contribution in [3.63, 3.8) is 0 Å². The molecule has 3 heteroatoms. The highest BCUT2D eigenvalue weighted by Gasteiger charge is 2.01. The summed E-state index contributed by atoms with van der Waals surface area (Å²) in [6, 6.07) is 9.18. The summed E-state index contributed by atoms with van der Waals surface area (Å²) >= 11 is 1.81. The van der Waals surface area contributed by atoms with Gasteiger partial charge in [-0.15, -0.1) is 11.8 Å². The molecular weight excluding hydrogens is 230 g/mol. The lowest BCUT2D eigenvalue weighted by molar-refractivity contribution is 0.250. The maximum absolute atomic E-state index is 8.96. The van der Waals surface area contributed by atoms with E-state index < -0.39 is 0 Å². The van der Waals surface area contributed by atoms with Crippen LogP contribution < -0.4 is 5.32 Å². The first kappa shape index (κ1) is 14.6. The Kier molecular flexibility index (Phi) is 6.63. The number of rotatable bonds is 7. The second-order valence-electron chi connectivity index (χ2n) is 4.78. The molecule has 0 saturated heterocycles. The van der Waals surface area contributed by atoms with E-state index in [1.165, 1.54) is 10.5 Å². The maximum Gasteiger partial charge on any atom is 0.0464 e. The van der Waals surface area contributed by atoms with Gasteiger partial charge >= 0.3 is 0 Å². The van der Waals surface area contributed by atoms with Gasteiger partial charge < -0.3 is 10.4 Å². The van der Waals surface area contributed by atoms with E-state index in [4.69, 9.17) is 5.11 Å². The lowest BCUT2D eigenvalue weighted by Crippen LogP contribution is -2.21. The van der Waals surface area contributed by atoms with E-state index in [9.17, 15) is 0 Å². The Morgan fingerprint density at radius 3 is 2.35 bits per heavy atom. The summed E-state index contributed by atoms with van der Waals surface area (Å²) in [5, 5.41) is 12.4. The van der Waals surface area contributed by atoms with Crippen molar-refractivity contribution >= 4 is 11.8 Å². The van der Waals surface area contributed by atoms with Gasteiger partial charge in [-0.1, -0.05) is 32.9 Å². The molecule has 0 heterocycles. The number of benzene rings is 1. The van der Waals surface area contributed by atoms with Gasteiger partial charge in [0.1, 0.15) is 0 Å². The number of thioether (sulfide) groups is 1. The van der Waals surface area contributed by atoms with Crippen molar-refractivity contribution in [2.75, 3.05) is 12.4 Å². The highest BCUT2D eigenvalue weighted by Crippen LogP contribution is 2.20. The van der Waals surface area contributed by atoms with Gasteiger partial charge in [0.2, 0.25) is 0 Å². The molecule has 2 nitrogen and oxygen atoms in total. The molecule has 1 rings (SSSR count). The molecule has 1 aromatic rings. The fourth-order valence-corrected chi connectivity index (χ4v) is 2.23. The predicted molar refractivity (Wildman–Crippen MR) is 75.4 cm³/mol. The Labute approximate surface area is 109 Å². The highest BCUT2D eigenvalue weighted by molar-refractivity contribution is 7.99. The molecule has 1 unspecified atom stereocenters. The first-order chi connectivity index (χ1) is 8.11. The largest absolute Gasteiger partial charge is 0.396 e. The van der Waals surface area contributed by atoms with Crippen LogP contribution in [0.2, 0.25) is 0 Å². The van der Waals surface area contributed by atoms with Crippen molar-refractivity contribution in [2.45, 2.75) is 38.3 Å². The van der Waals surface area contributed by atoms with Crippen LogP contribution in [0.25, 0.3) is 0 Å². The molecule has 0 aliphatic heterocycles. The number of hydrogen-bond acceptors (Lipinski definition) is 3. The summed E-state index contributed by atoms with van der Waals surface area (Å²) in [6.07, 6.45) is 0. The molecule has 0 bridgehead atoms. The van der Waals surface area contributed by atoms with Crippen LogP contribution in [0.5, 0.6) is 0 Å². The van der Waals surface area contributed by atoms with Crippen LogP contribution in [-0.2, 0) is 6.54 Å². The minimum atomic E-state index is 0.267. The fourth-order valence-electron chi connectivity index (χ4n) is 1.32. The lowest BCUT2D eigenvalue weighted by Gasteiger charge is -2.09. The Morgan fingerprint density at radius 2 is 1.82 bits per heavy atom. The second kappa shape index (κ2) is 7.75. The van der Waals surface area contributed by atoms with Crippen molar-refractivity contribution in [1.82, 2.24) is 5.32 Å². The fraction of sp³-hybridized carbons (Fsp3) is 0.571. The van der Waals surface area contributed by atoms with Crippen molar-refractivity contribution in [2.24, 2.45) is 5.92 Å². The Balaban J connectivity index is 2.39. The molecule has 0 aromatic heterocycles. The van der Waals surface area contributed by atoms with E-state index in [-0.39, 0.29) is 6.61 Å². The number of nitrogens with one attached hydrogen (secondary N) is 1. The highest BCUT2D eigenvalue weighted by atomic mass is 32.2. The molecule has 0 spiro atoms. The molecule has 0 amide bonds. The van der Waals surface area contributed by atoms with Crippen LogP contribution in [0.4, 0.5) is 0 Å². The average molecular weight is 253 g/mol. The zero-order valence-electron chi connectivity index (χ0n) is 10.9. The SMILES string of the molecule is CC(CO)CSc1ccc(CNC(C)C)cc1. The zero-order chi connectivity index (χ0) is 12.7. The summed E-state index contributed by atoms with van der Waals surface area (Å²) in [7, 11) is 0. The van der Waals surface area contributed by atoms with Crippen LogP contribution in [0.15, 0.2) is 29.2 Å². The smallest absolute Gasteiger partial charge is 0.0464 e. The minimum absolute atomic E-state index is 0.267. The lowest BCUT2D eigenvalue weighted by atomic mass is 10.2. The van der Waals surface area contributed by atoms with Gasteiger partial charge in [0.05, 0.1) is 0 Å². The van der Waals surface area contributed by atoms with Crippen molar-refractivity contribution < 1.29 is 5.11 Å². The third-order valence-electron chi connectivity index (χ3n) is 2.48. The van der Waals surface area contributed by atoms with E-state index >= 15 is 0 Å². The first-order valence-corrected chi connectivity index (χ1v) is 7.16. The van der Waals surface area contributed by atoms with E-state index in [2.05, 4.69) is 50.4 Å². The molecule has 0 fully saturated rings. The molecule has 0 radical (unpaired) electrons. The molecule has 0 aliphatic carbocycles. The topological polar surface area (TPSA) is 32.3 Å². The van der Waals surface area contributed by atoms with E-state index in [1.54, 1.807) is 11.8 Å².